The van der Waals surface area contributed by atoms with Gasteiger partial charge in [0.05, 0.1) is 18.1 Å². The van der Waals surface area contributed by atoms with Crippen LogP contribution in [0, 0.1) is 29.6 Å². The molecule has 1 saturated carbocycles. The lowest BCUT2D eigenvalue weighted by Crippen LogP contribution is -2.42. The average Bonchev–Trinajstić information content (AvgIpc) is 3.21. The van der Waals surface area contributed by atoms with E-state index >= 15 is 0 Å². The zero-order valence-electron chi connectivity index (χ0n) is 14.8. The van der Waals surface area contributed by atoms with Gasteiger partial charge in [-0.3, -0.25) is 4.79 Å². The number of carbonyl (C=O) groups is 3. The van der Waals surface area contributed by atoms with Crippen LogP contribution in [0.3, 0.4) is 0 Å². The number of nitrogens with one attached hydrogen (secondary N) is 1. The molecule has 138 valence electrons. The molecule has 1 fully saturated rings. The lowest BCUT2D eigenvalue weighted by Gasteiger charge is -2.27. The fourth-order valence-corrected chi connectivity index (χ4v) is 3.74. The number of fused-ring (bicyclic) bond motifs is 2. The largest absolute Gasteiger partial charge is 0.550 e. The molecule has 2 aliphatic rings. The van der Waals surface area contributed by atoms with E-state index in [9.17, 15) is 19.5 Å². The first-order chi connectivity index (χ1) is 12.4. The SMILES string of the molecule is CC(C)COC(=O)c1ccc(NC(=O)[C@H]2[C@@H](C(=O)[O-])[C@H]3C=C[C@@H]2C3)cc1. The van der Waals surface area contributed by atoms with Gasteiger partial charge in [0.15, 0.2) is 0 Å². The number of carboxylic acid groups (broad SMARTS) is 1. The fraction of sp³-hybridized carbons (Fsp3) is 0.450. The molecule has 2 aliphatic carbocycles. The molecule has 0 saturated heterocycles. The Morgan fingerprint density at radius 3 is 2.31 bits per heavy atom. The summed E-state index contributed by atoms with van der Waals surface area (Å²) < 4.78 is 5.16. The molecule has 0 radical (unpaired) electrons. The van der Waals surface area contributed by atoms with Gasteiger partial charge in [-0.05, 0) is 48.4 Å². The molecular weight excluding hydrogens is 334 g/mol. The molecule has 6 heteroatoms. The third kappa shape index (κ3) is 3.64. The van der Waals surface area contributed by atoms with Crippen LogP contribution in [0.15, 0.2) is 36.4 Å². The van der Waals surface area contributed by atoms with Crippen LogP contribution in [-0.2, 0) is 14.3 Å². The highest BCUT2D eigenvalue weighted by atomic mass is 16.5. The van der Waals surface area contributed by atoms with Crippen LogP contribution in [0.2, 0.25) is 0 Å². The van der Waals surface area contributed by atoms with E-state index in [1.165, 1.54) is 0 Å². The summed E-state index contributed by atoms with van der Waals surface area (Å²) in [7, 11) is 0. The Labute approximate surface area is 152 Å². The molecule has 3 rings (SSSR count). The van der Waals surface area contributed by atoms with Crippen LogP contribution in [0.25, 0.3) is 0 Å². The first-order valence-corrected chi connectivity index (χ1v) is 8.84. The molecule has 26 heavy (non-hydrogen) atoms. The zero-order valence-corrected chi connectivity index (χ0v) is 14.8. The summed E-state index contributed by atoms with van der Waals surface area (Å²) in [6.07, 6.45) is 4.46. The third-order valence-electron chi connectivity index (χ3n) is 4.97. The van der Waals surface area contributed by atoms with Crippen molar-refractivity contribution in [3.8, 4) is 0 Å². The topological polar surface area (TPSA) is 95.5 Å². The van der Waals surface area contributed by atoms with Crippen LogP contribution >= 0.6 is 0 Å². The highest BCUT2D eigenvalue weighted by Gasteiger charge is 2.48. The lowest BCUT2D eigenvalue weighted by atomic mass is 9.82. The fourth-order valence-electron chi connectivity index (χ4n) is 3.74. The molecule has 2 bridgehead atoms. The van der Waals surface area contributed by atoms with Crippen LogP contribution < -0.4 is 10.4 Å². The summed E-state index contributed by atoms with van der Waals surface area (Å²) >= 11 is 0. The smallest absolute Gasteiger partial charge is 0.338 e. The molecule has 1 N–H and O–H groups in total. The van der Waals surface area contributed by atoms with Crippen molar-refractivity contribution >= 4 is 23.5 Å². The summed E-state index contributed by atoms with van der Waals surface area (Å²) in [5.41, 5.74) is 0.915. The quantitative estimate of drug-likeness (QED) is 0.617. The first-order valence-electron chi connectivity index (χ1n) is 8.84. The lowest BCUT2D eigenvalue weighted by molar-refractivity contribution is -0.313. The summed E-state index contributed by atoms with van der Waals surface area (Å²) in [6, 6.07) is 6.38. The van der Waals surface area contributed by atoms with Gasteiger partial charge >= 0.3 is 5.97 Å². The van der Waals surface area contributed by atoms with Crippen molar-refractivity contribution in [2.24, 2.45) is 29.6 Å². The van der Waals surface area contributed by atoms with Crippen LogP contribution in [-0.4, -0.2) is 24.5 Å². The Morgan fingerprint density at radius 2 is 1.73 bits per heavy atom. The maximum atomic E-state index is 12.6. The predicted molar refractivity (Wildman–Crippen MR) is 92.9 cm³/mol. The van der Waals surface area contributed by atoms with Crippen molar-refractivity contribution in [1.29, 1.82) is 0 Å². The second kappa shape index (κ2) is 7.32. The second-order valence-electron chi connectivity index (χ2n) is 7.38. The average molecular weight is 356 g/mol. The number of hydrogen-bond acceptors (Lipinski definition) is 5. The van der Waals surface area contributed by atoms with E-state index in [1.807, 2.05) is 26.0 Å². The maximum absolute atomic E-state index is 12.6. The Kier molecular flexibility index (Phi) is 5.11. The van der Waals surface area contributed by atoms with Gasteiger partial charge in [0, 0.05) is 17.6 Å². The minimum absolute atomic E-state index is 0.0619. The van der Waals surface area contributed by atoms with Crippen LogP contribution in [0.4, 0.5) is 5.69 Å². The zero-order chi connectivity index (χ0) is 18.8. The van der Waals surface area contributed by atoms with E-state index in [4.69, 9.17) is 4.74 Å². The van der Waals surface area contributed by atoms with Gasteiger partial charge in [-0.25, -0.2) is 4.79 Å². The van der Waals surface area contributed by atoms with Crippen molar-refractivity contribution in [1.82, 2.24) is 0 Å². The van der Waals surface area contributed by atoms with Gasteiger partial charge in [-0.15, -0.1) is 0 Å². The minimum Gasteiger partial charge on any atom is -0.550 e. The molecule has 4 atom stereocenters. The molecule has 0 heterocycles. The molecular formula is C20H22NO5-. The number of ether oxygens (including phenoxy) is 1. The normalized spacial score (nSPS) is 26.1. The number of esters is 1. The third-order valence-corrected chi connectivity index (χ3v) is 4.97. The Hall–Kier alpha value is -2.63. The van der Waals surface area contributed by atoms with Crippen LogP contribution in [0.1, 0.15) is 30.6 Å². The van der Waals surface area contributed by atoms with Crippen LogP contribution in [0.5, 0.6) is 0 Å². The summed E-state index contributed by atoms with van der Waals surface area (Å²) in [4.78, 5) is 35.9. The van der Waals surface area contributed by atoms with E-state index < -0.39 is 23.8 Å². The van der Waals surface area contributed by atoms with Gasteiger partial charge in [-0.2, -0.15) is 0 Å². The first kappa shape index (κ1) is 18.2. The maximum Gasteiger partial charge on any atom is 0.338 e. The standard InChI is InChI=1S/C20H23NO5/c1-11(2)10-26-20(25)12-5-7-15(8-6-12)21-18(22)16-13-3-4-14(9-13)17(16)19(23)24/h3-8,11,13-14,16-17H,9-10H2,1-2H3,(H,21,22)(H,23,24)/p-1/t13-,14+,16-,17+/m1/s1. The highest BCUT2D eigenvalue weighted by molar-refractivity contribution is 5.97. The Morgan fingerprint density at radius 1 is 1.12 bits per heavy atom. The molecule has 1 amide bonds. The highest BCUT2D eigenvalue weighted by Crippen LogP contribution is 2.48. The monoisotopic (exact) mass is 356 g/mol. The van der Waals surface area contributed by atoms with Gasteiger partial charge in [-0.1, -0.05) is 26.0 Å². The van der Waals surface area contributed by atoms with Crippen molar-refractivity contribution < 1.29 is 24.2 Å². The summed E-state index contributed by atoms with van der Waals surface area (Å²) in [5, 5.41) is 14.2. The second-order valence-corrected chi connectivity index (χ2v) is 7.38. The number of carboxylic acids is 1. The van der Waals surface area contributed by atoms with Gasteiger partial charge in [0.25, 0.3) is 0 Å². The van der Waals surface area contributed by atoms with E-state index in [1.54, 1.807) is 24.3 Å². The van der Waals surface area contributed by atoms with E-state index in [0.29, 0.717) is 24.3 Å². The number of amides is 1. The number of benzene rings is 1. The molecule has 1 aromatic rings. The van der Waals surface area contributed by atoms with Gasteiger partial charge < -0.3 is 20.0 Å². The van der Waals surface area contributed by atoms with Gasteiger partial charge in [0.2, 0.25) is 5.91 Å². The number of allylic oxidation sites excluding steroid dienone is 2. The van der Waals surface area contributed by atoms with E-state index in [2.05, 4.69) is 5.32 Å². The number of hydrogen-bond donors (Lipinski definition) is 1. The molecule has 1 aromatic carbocycles. The van der Waals surface area contributed by atoms with Crippen molar-refractivity contribution in [2.75, 3.05) is 11.9 Å². The van der Waals surface area contributed by atoms with Crippen molar-refractivity contribution in [2.45, 2.75) is 20.3 Å². The summed E-state index contributed by atoms with van der Waals surface area (Å²) in [6.45, 7) is 4.26. The predicted octanol–water partition coefficient (Wildman–Crippen LogP) is 1.63. The van der Waals surface area contributed by atoms with E-state index in [0.717, 1.165) is 0 Å². The molecule has 0 aromatic heterocycles. The molecule has 0 aliphatic heterocycles. The Balaban J connectivity index is 1.64. The number of aliphatic carboxylic acids is 1. The minimum atomic E-state index is -1.18. The summed E-state index contributed by atoms with van der Waals surface area (Å²) in [5.74, 6) is -3.25. The Bertz CT molecular complexity index is 737. The van der Waals surface area contributed by atoms with E-state index in [-0.39, 0.29) is 23.7 Å². The van der Waals surface area contributed by atoms with Crippen molar-refractivity contribution in [3.63, 3.8) is 0 Å². The molecule has 0 unspecified atom stereocenters. The number of carbonyl (C=O) groups excluding carboxylic acids is 3. The number of rotatable bonds is 6. The van der Waals surface area contributed by atoms with Crippen molar-refractivity contribution in [3.05, 3.63) is 42.0 Å². The molecule has 0 spiro atoms. The number of anilines is 1. The van der Waals surface area contributed by atoms with Gasteiger partial charge in [0.1, 0.15) is 0 Å². The molecule has 6 nitrogen and oxygen atoms in total.